The fraction of sp³-hybridized carbons (Fsp3) is 0.296. The second-order valence-electron chi connectivity index (χ2n) is 8.45. The van der Waals surface area contributed by atoms with E-state index in [9.17, 15) is 4.79 Å². The highest BCUT2D eigenvalue weighted by Gasteiger charge is 2.13. The molecule has 0 unspecified atom stereocenters. The van der Waals surface area contributed by atoms with Crippen LogP contribution in [0.2, 0.25) is 0 Å². The zero-order valence-electron chi connectivity index (χ0n) is 18.9. The number of thiophene rings is 1. The van der Waals surface area contributed by atoms with Crippen molar-refractivity contribution in [2.45, 2.75) is 46.1 Å². The molecule has 162 valence electrons. The highest BCUT2D eigenvalue weighted by atomic mass is 32.1. The zero-order chi connectivity index (χ0) is 22.4. The van der Waals surface area contributed by atoms with Crippen molar-refractivity contribution < 1.29 is 14.3 Å². The molecule has 0 saturated carbocycles. The number of aryl methyl sites for hydroxylation is 1. The van der Waals surface area contributed by atoms with Crippen LogP contribution in [0.25, 0.3) is 6.08 Å². The number of carbonyl (C=O) groups is 1. The van der Waals surface area contributed by atoms with Gasteiger partial charge in [-0.05, 0) is 65.4 Å². The molecule has 3 nitrogen and oxygen atoms in total. The summed E-state index contributed by atoms with van der Waals surface area (Å²) >= 11 is 1.55. The summed E-state index contributed by atoms with van der Waals surface area (Å²) < 4.78 is 11.5. The molecule has 0 spiro atoms. The highest BCUT2D eigenvalue weighted by Crippen LogP contribution is 2.26. The van der Waals surface area contributed by atoms with E-state index in [0.29, 0.717) is 6.61 Å². The molecule has 0 atom stereocenters. The molecule has 0 fully saturated rings. The first-order valence-corrected chi connectivity index (χ1v) is 11.3. The molecule has 2 aromatic carbocycles. The third-order valence-electron chi connectivity index (χ3n) is 5.10. The van der Waals surface area contributed by atoms with Crippen LogP contribution in [0.3, 0.4) is 0 Å². The summed E-state index contributed by atoms with van der Waals surface area (Å²) in [6, 6.07) is 18.0. The topological polar surface area (TPSA) is 35.5 Å². The number of ketones is 1. The Morgan fingerprint density at radius 2 is 1.77 bits per heavy atom. The number of carbonyl (C=O) groups excluding carboxylic acids is 1. The van der Waals surface area contributed by atoms with Crippen LogP contribution in [-0.2, 0) is 18.4 Å². The van der Waals surface area contributed by atoms with Crippen molar-refractivity contribution in [3.05, 3.63) is 87.1 Å². The maximum atomic E-state index is 12.4. The lowest BCUT2D eigenvalue weighted by molar-refractivity contribution is 0.105. The van der Waals surface area contributed by atoms with Gasteiger partial charge in [0.2, 0.25) is 0 Å². The number of hydrogen-bond donors (Lipinski definition) is 0. The van der Waals surface area contributed by atoms with Crippen LogP contribution in [0, 0.1) is 0 Å². The molecule has 0 aliphatic heterocycles. The minimum atomic E-state index is 0.0252. The molecule has 0 radical (unpaired) electrons. The second kappa shape index (κ2) is 9.97. The highest BCUT2D eigenvalue weighted by molar-refractivity contribution is 7.14. The minimum absolute atomic E-state index is 0.0252. The van der Waals surface area contributed by atoms with Crippen LogP contribution in [0.15, 0.2) is 60.7 Å². The Balaban J connectivity index is 1.70. The second-order valence-corrected chi connectivity index (χ2v) is 9.62. The summed E-state index contributed by atoms with van der Waals surface area (Å²) in [6.45, 7) is 9.06. The monoisotopic (exact) mass is 434 g/mol. The van der Waals surface area contributed by atoms with E-state index in [4.69, 9.17) is 9.47 Å². The Morgan fingerprint density at radius 3 is 2.39 bits per heavy atom. The Kier molecular flexibility index (Phi) is 7.34. The molecule has 1 aromatic heterocycles. The maximum absolute atomic E-state index is 12.4. The summed E-state index contributed by atoms with van der Waals surface area (Å²) in [7, 11) is 1.65. The van der Waals surface area contributed by atoms with Gasteiger partial charge in [0, 0.05) is 10.4 Å². The van der Waals surface area contributed by atoms with E-state index in [1.54, 1.807) is 24.5 Å². The molecule has 0 bridgehead atoms. The third-order valence-corrected chi connectivity index (χ3v) is 6.34. The number of hydrogen-bond acceptors (Lipinski definition) is 4. The van der Waals surface area contributed by atoms with Gasteiger partial charge >= 0.3 is 0 Å². The molecule has 1 heterocycles. The lowest BCUT2D eigenvalue weighted by Crippen LogP contribution is -2.10. The molecule has 3 aromatic rings. The number of rotatable bonds is 8. The summed E-state index contributed by atoms with van der Waals surface area (Å²) in [5.41, 5.74) is 3.25. The van der Waals surface area contributed by atoms with Crippen LogP contribution in [0.1, 0.15) is 58.9 Å². The molecule has 0 amide bonds. The van der Waals surface area contributed by atoms with E-state index in [1.165, 1.54) is 10.4 Å². The SMILES string of the molecule is CCc1ccc(C(=O)/C=C/c2ccc(OC)c(COc3ccc(C(C)(C)C)cc3)c2)s1. The van der Waals surface area contributed by atoms with Crippen LogP contribution in [0.5, 0.6) is 11.5 Å². The van der Waals surface area contributed by atoms with Gasteiger partial charge in [-0.1, -0.05) is 52.0 Å². The number of ether oxygens (including phenoxy) is 2. The van der Waals surface area contributed by atoms with E-state index in [0.717, 1.165) is 33.9 Å². The lowest BCUT2D eigenvalue weighted by Gasteiger charge is -2.19. The minimum Gasteiger partial charge on any atom is -0.496 e. The summed E-state index contributed by atoms with van der Waals surface area (Å²) in [4.78, 5) is 14.4. The van der Waals surface area contributed by atoms with Crippen molar-refractivity contribution >= 4 is 23.2 Å². The van der Waals surface area contributed by atoms with Gasteiger partial charge in [0.1, 0.15) is 18.1 Å². The van der Waals surface area contributed by atoms with Crippen molar-refractivity contribution in [1.29, 1.82) is 0 Å². The van der Waals surface area contributed by atoms with Crippen molar-refractivity contribution in [2.24, 2.45) is 0 Å². The standard InChI is InChI=1S/C27H30O3S/c1-6-23-13-16-26(31-23)24(28)14-7-19-8-15-25(29-5)20(17-19)18-30-22-11-9-21(10-12-22)27(2,3)4/h7-17H,6,18H2,1-5H3/b14-7+. The van der Waals surface area contributed by atoms with Crippen LogP contribution in [-0.4, -0.2) is 12.9 Å². The summed E-state index contributed by atoms with van der Waals surface area (Å²) in [6.07, 6.45) is 4.42. The molecule has 0 saturated heterocycles. The quantitative estimate of drug-likeness (QED) is 0.280. The summed E-state index contributed by atoms with van der Waals surface area (Å²) in [5.74, 6) is 1.61. The van der Waals surface area contributed by atoms with E-state index in [1.807, 2.05) is 48.5 Å². The van der Waals surface area contributed by atoms with Gasteiger partial charge in [0.05, 0.1) is 12.0 Å². The normalized spacial score (nSPS) is 11.6. The average Bonchev–Trinajstić information content (AvgIpc) is 3.25. The number of benzene rings is 2. The van der Waals surface area contributed by atoms with Crippen molar-refractivity contribution in [3.8, 4) is 11.5 Å². The molecular formula is C27H30O3S. The number of allylic oxidation sites excluding steroid dienone is 1. The smallest absolute Gasteiger partial charge is 0.195 e. The van der Waals surface area contributed by atoms with Crippen molar-refractivity contribution in [3.63, 3.8) is 0 Å². The molecule has 0 aliphatic rings. The Bertz CT molecular complexity index is 1050. The molecule has 31 heavy (non-hydrogen) atoms. The van der Waals surface area contributed by atoms with Crippen LogP contribution < -0.4 is 9.47 Å². The van der Waals surface area contributed by atoms with Gasteiger partial charge in [-0.15, -0.1) is 11.3 Å². The van der Waals surface area contributed by atoms with Crippen molar-refractivity contribution in [1.82, 2.24) is 0 Å². The molecule has 4 heteroatoms. The van der Waals surface area contributed by atoms with Gasteiger partial charge in [0.15, 0.2) is 5.78 Å². The molecule has 0 N–H and O–H groups in total. The fourth-order valence-electron chi connectivity index (χ4n) is 3.18. The van der Waals surface area contributed by atoms with Crippen LogP contribution in [0.4, 0.5) is 0 Å². The maximum Gasteiger partial charge on any atom is 0.195 e. The van der Waals surface area contributed by atoms with E-state index in [-0.39, 0.29) is 11.2 Å². The number of methoxy groups -OCH3 is 1. The van der Waals surface area contributed by atoms with E-state index in [2.05, 4.69) is 39.8 Å². The third kappa shape index (κ3) is 6.08. The van der Waals surface area contributed by atoms with Crippen molar-refractivity contribution in [2.75, 3.05) is 7.11 Å². The first-order chi connectivity index (χ1) is 14.8. The molecular weight excluding hydrogens is 404 g/mol. The first-order valence-electron chi connectivity index (χ1n) is 10.5. The van der Waals surface area contributed by atoms with Gasteiger partial charge in [-0.25, -0.2) is 0 Å². The van der Waals surface area contributed by atoms with Crippen LogP contribution >= 0.6 is 11.3 Å². The first kappa shape index (κ1) is 22.8. The predicted molar refractivity (Wildman–Crippen MR) is 130 cm³/mol. The molecule has 3 rings (SSSR count). The largest absolute Gasteiger partial charge is 0.496 e. The van der Waals surface area contributed by atoms with Gasteiger partial charge in [-0.3, -0.25) is 4.79 Å². The summed E-state index contributed by atoms with van der Waals surface area (Å²) in [5, 5.41) is 0. The zero-order valence-corrected chi connectivity index (χ0v) is 19.7. The van der Waals surface area contributed by atoms with E-state index < -0.39 is 0 Å². The Morgan fingerprint density at radius 1 is 1.03 bits per heavy atom. The molecule has 0 aliphatic carbocycles. The van der Waals surface area contributed by atoms with E-state index >= 15 is 0 Å². The lowest BCUT2D eigenvalue weighted by atomic mass is 9.87. The average molecular weight is 435 g/mol. The van der Waals surface area contributed by atoms with Gasteiger partial charge in [0.25, 0.3) is 0 Å². The Labute approximate surface area is 189 Å². The predicted octanol–water partition coefficient (Wildman–Crippen LogP) is 7.09. The Hall–Kier alpha value is -2.85. The van der Waals surface area contributed by atoms with Gasteiger partial charge < -0.3 is 9.47 Å². The van der Waals surface area contributed by atoms with Gasteiger partial charge in [-0.2, -0.15) is 0 Å². The fourth-order valence-corrected chi connectivity index (χ4v) is 4.05.